The molecule has 1 aromatic carbocycles. The number of rotatable bonds is 4. The van der Waals surface area contributed by atoms with Crippen molar-refractivity contribution in [3.8, 4) is 5.75 Å². The molecule has 104 valence electrons. The Kier molecular flexibility index (Phi) is 4.32. The van der Waals surface area contributed by atoms with Crippen LogP contribution in [0.25, 0.3) is 0 Å². The number of nitrogens with zero attached hydrogens (tertiary/aromatic N) is 1. The van der Waals surface area contributed by atoms with E-state index in [0.717, 1.165) is 5.56 Å². The topological polar surface area (TPSA) is 88.2 Å². The summed E-state index contributed by atoms with van der Waals surface area (Å²) >= 11 is 0. The van der Waals surface area contributed by atoms with Crippen LogP contribution in [0.15, 0.2) is 42.5 Å². The number of carbonyl (C=O) groups is 1. The van der Waals surface area contributed by atoms with Gasteiger partial charge >= 0.3 is 0 Å². The molecule has 2 aromatic rings. The highest BCUT2D eigenvalue weighted by atomic mass is 16.3. The molecule has 0 bridgehead atoms. The van der Waals surface area contributed by atoms with Crippen molar-refractivity contribution < 1.29 is 9.90 Å². The lowest BCUT2D eigenvalue weighted by molar-refractivity contribution is -0.117. The maximum Gasteiger partial charge on any atom is 0.242 e. The van der Waals surface area contributed by atoms with Gasteiger partial charge in [0.25, 0.3) is 0 Å². The fraction of sp³-hybridized carbons (Fsp3) is 0.200. The highest BCUT2D eigenvalue weighted by Gasteiger charge is 2.16. The van der Waals surface area contributed by atoms with Crippen LogP contribution in [0.3, 0.4) is 0 Å². The Labute approximate surface area is 117 Å². The molecular weight excluding hydrogens is 254 g/mol. The molecule has 0 saturated carbocycles. The van der Waals surface area contributed by atoms with Crippen molar-refractivity contribution >= 4 is 11.7 Å². The number of nitrogens with one attached hydrogen (secondary N) is 1. The predicted molar refractivity (Wildman–Crippen MR) is 77.4 cm³/mol. The number of hydrogen-bond acceptors (Lipinski definition) is 4. The van der Waals surface area contributed by atoms with E-state index in [0.29, 0.717) is 12.1 Å². The number of aromatic nitrogens is 1. The SMILES string of the molecule is Cc1ccc(O)c(NC(=O)[C@H](N)Cc2ccccc2)n1. The molecule has 0 aliphatic rings. The first kappa shape index (κ1) is 14.0. The Bertz CT molecular complexity index is 599. The molecule has 5 nitrogen and oxygen atoms in total. The number of benzene rings is 1. The standard InChI is InChI=1S/C15H17N3O2/c1-10-7-8-13(19)14(17-10)18-15(20)12(16)9-11-5-3-2-4-6-11/h2-8,12,19H,9,16H2,1H3,(H,17,18,20)/t12-/m1/s1. The summed E-state index contributed by atoms with van der Waals surface area (Å²) in [5.74, 6) is -0.309. The van der Waals surface area contributed by atoms with Crippen LogP contribution in [0, 0.1) is 6.92 Å². The molecular formula is C15H17N3O2. The van der Waals surface area contributed by atoms with Crippen LogP contribution in [-0.4, -0.2) is 22.0 Å². The van der Waals surface area contributed by atoms with Gasteiger partial charge in [0, 0.05) is 5.69 Å². The third-order valence-electron chi connectivity index (χ3n) is 2.89. The second kappa shape index (κ2) is 6.16. The number of nitrogens with two attached hydrogens (primary N) is 1. The minimum atomic E-state index is -0.695. The number of aromatic hydroxyl groups is 1. The first-order valence-corrected chi connectivity index (χ1v) is 6.33. The molecule has 20 heavy (non-hydrogen) atoms. The Hall–Kier alpha value is -2.40. The zero-order valence-corrected chi connectivity index (χ0v) is 11.2. The van der Waals surface area contributed by atoms with Gasteiger partial charge in [-0.15, -0.1) is 0 Å². The normalized spacial score (nSPS) is 11.9. The second-order valence-electron chi connectivity index (χ2n) is 4.61. The first-order chi connectivity index (χ1) is 9.56. The molecule has 2 rings (SSSR count). The van der Waals surface area contributed by atoms with Gasteiger partial charge in [0.2, 0.25) is 5.91 Å². The fourth-order valence-electron chi connectivity index (χ4n) is 1.81. The number of hydrogen-bond donors (Lipinski definition) is 3. The molecule has 0 fully saturated rings. The summed E-state index contributed by atoms with van der Waals surface area (Å²) < 4.78 is 0. The summed E-state index contributed by atoms with van der Waals surface area (Å²) in [6, 6.07) is 12.0. The van der Waals surface area contributed by atoms with E-state index < -0.39 is 6.04 Å². The Morgan fingerprint density at radius 1 is 1.30 bits per heavy atom. The summed E-state index contributed by atoms with van der Waals surface area (Å²) in [5.41, 5.74) is 7.55. The highest BCUT2D eigenvalue weighted by Crippen LogP contribution is 2.20. The van der Waals surface area contributed by atoms with E-state index in [1.165, 1.54) is 6.07 Å². The van der Waals surface area contributed by atoms with Crippen LogP contribution in [-0.2, 0) is 11.2 Å². The number of carbonyl (C=O) groups excluding carboxylic acids is 1. The van der Waals surface area contributed by atoms with Gasteiger partial charge in [-0.05, 0) is 31.0 Å². The molecule has 0 aliphatic carbocycles. The van der Waals surface area contributed by atoms with E-state index >= 15 is 0 Å². The third kappa shape index (κ3) is 3.55. The van der Waals surface area contributed by atoms with E-state index in [-0.39, 0.29) is 17.5 Å². The van der Waals surface area contributed by atoms with Gasteiger partial charge in [0.1, 0.15) is 0 Å². The average Bonchev–Trinajstić information content (AvgIpc) is 2.44. The number of aryl methyl sites for hydroxylation is 1. The number of pyridine rings is 1. The van der Waals surface area contributed by atoms with Gasteiger partial charge in [-0.1, -0.05) is 30.3 Å². The fourth-order valence-corrected chi connectivity index (χ4v) is 1.81. The van der Waals surface area contributed by atoms with Crippen LogP contribution >= 0.6 is 0 Å². The Balaban J connectivity index is 2.02. The molecule has 0 aliphatic heterocycles. The maximum absolute atomic E-state index is 12.0. The minimum absolute atomic E-state index is 0.0733. The summed E-state index contributed by atoms with van der Waals surface area (Å²) in [5, 5.41) is 12.2. The average molecular weight is 271 g/mol. The number of amides is 1. The zero-order chi connectivity index (χ0) is 14.5. The van der Waals surface area contributed by atoms with Crippen LogP contribution in [0.4, 0.5) is 5.82 Å². The maximum atomic E-state index is 12.0. The Morgan fingerprint density at radius 2 is 2.00 bits per heavy atom. The molecule has 0 saturated heterocycles. The van der Waals surface area contributed by atoms with E-state index in [1.807, 2.05) is 30.3 Å². The van der Waals surface area contributed by atoms with Crippen molar-refractivity contribution in [1.82, 2.24) is 4.98 Å². The van der Waals surface area contributed by atoms with Crippen molar-refractivity contribution in [2.24, 2.45) is 5.73 Å². The summed E-state index contributed by atoms with van der Waals surface area (Å²) in [6.45, 7) is 1.78. The van der Waals surface area contributed by atoms with Gasteiger partial charge in [0.05, 0.1) is 6.04 Å². The lowest BCUT2D eigenvalue weighted by Crippen LogP contribution is -2.37. The Morgan fingerprint density at radius 3 is 2.70 bits per heavy atom. The first-order valence-electron chi connectivity index (χ1n) is 6.33. The van der Waals surface area contributed by atoms with E-state index in [2.05, 4.69) is 10.3 Å². The van der Waals surface area contributed by atoms with Gasteiger partial charge in [-0.3, -0.25) is 4.79 Å². The molecule has 1 atom stereocenters. The van der Waals surface area contributed by atoms with Crippen molar-refractivity contribution in [1.29, 1.82) is 0 Å². The molecule has 1 heterocycles. The highest BCUT2D eigenvalue weighted by molar-refractivity contribution is 5.95. The largest absolute Gasteiger partial charge is 0.504 e. The van der Waals surface area contributed by atoms with Crippen molar-refractivity contribution in [2.75, 3.05) is 5.32 Å². The predicted octanol–water partition coefficient (Wildman–Crippen LogP) is 1.60. The van der Waals surface area contributed by atoms with Gasteiger partial charge in [-0.2, -0.15) is 0 Å². The molecule has 0 spiro atoms. The smallest absolute Gasteiger partial charge is 0.242 e. The van der Waals surface area contributed by atoms with Crippen LogP contribution in [0.1, 0.15) is 11.3 Å². The van der Waals surface area contributed by atoms with E-state index in [9.17, 15) is 9.90 Å². The second-order valence-corrected chi connectivity index (χ2v) is 4.61. The van der Waals surface area contributed by atoms with Crippen LogP contribution < -0.4 is 11.1 Å². The van der Waals surface area contributed by atoms with Gasteiger partial charge in [0.15, 0.2) is 11.6 Å². The van der Waals surface area contributed by atoms with Crippen LogP contribution in [0.2, 0.25) is 0 Å². The minimum Gasteiger partial charge on any atom is -0.504 e. The number of anilines is 1. The molecule has 1 aromatic heterocycles. The summed E-state index contributed by atoms with van der Waals surface area (Å²) in [6.07, 6.45) is 0.430. The molecule has 0 radical (unpaired) electrons. The van der Waals surface area contributed by atoms with Gasteiger partial charge < -0.3 is 16.2 Å². The molecule has 0 unspecified atom stereocenters. The van der Waals surface area contributed by atoms with Crippen molar-refractivity contribution in [3.05, 3.63) is 53.7 Å². The van der Waals surface area contributed by atoms with Crippen molar-refractivity contribution in [2.45, 2.75) is 19.4 Å². The van der Waals surface area contributed by atoms with Crippen molar-refractivity contribution in [3.63, 3.8) is 0 Å². The van der Waals surface area contributed by atoms with E-state index in [4.69, 9.17) is 5.73 Å². The molecule has 5 heteroatoms. The van der Waals surface area contributed by atoms with E-state index in [1.54, 1.807) is 13.0 Å². The lowest BCUT2D eigenvalue weighted by atomic mass is 10.1. The molecule has 4 N–H and O–H groups in total. The van der Waals surface area contributed by atoms with Crippen LogP contribution in [0.5, 0.6) is 5.75 Å². The zero-order valence-electron chi connectivity index (χ0n) is 11.2. The molecule has 1 amide bonds. The van der Waals surface area contributed by atoms with Gasteiger partial charge in [-0.25, -0.2) is 4.98 Å². The lowest BCUT2D eigenvalue weighted by Gasteiger charge is -2.13. The third-order valence-corrected chi connectivity index (χ3v) is 2.89. The monoisotopic (exact) mass is 271 g/mol. The summed E-state index contributed by atoms with van der Waals surface area (Å²) in [4.78, 5) is 16.1. The quantitative estimate of drug-likeness (QED) is 0.788. The summed E-state index contributed by atoms with van der Waals surface area (Å²) in [7, 11) is 0.